The minimum atomic E-state index is -1.31. The number of rotatable bonds is 7. The fraction of sp³-hybridized carbons (Fsp3) is 0.308. The number of benzene rings is 1. The molecule has 0 spiro atoms. The number of hydrogen-bond acceptors (Lipinski definition) is 3. The van der Waals surface area contributed by atoms with E-state index in [1.807, 2.05) is 0 Å². The molecule has 0 unspecified atom stereocenters. The second-order valence-electron chi connectivity index (χ2n) is 4.39. The van der Waals surface area contributed by atoms with Gasteiger partial charge in [0.15, 0.2) is 11.6 Å². The minimum absolute atomic E-state index is 0.145. The SMILES string of the molecule is NC(=O)CC[C@@H](NC(=O)Cc1ccc(F)c(F)c1)C(=O)O. The first-order valence-electron chi connectivity index (χ1n) is 6.04. The summed E-state index contributed by atoms with van der Waals surface area (Å²) in [4.78, 5) is 33.2. The summed E-state index contributed by atoms with van der Waals surface area (Å²) in [5, 5.41) is 11.1. The predicted octanol–water partition coefficient (Wildman–Crippen LogP) is 0.342. The molecule has 0 saturated heterocycles. The summed E-state index contributed by atoms with van der Waals surface area (Å²) in [6, 6.07) is 1.68. The van der Waals surface area contributed by atoms with Gasteiger partial charge in [-0.3, -0.25) is 9.59 Å². The zero-order chi connectivity index (χ0) is 16.0. The van der Waals surface area contributed by atoms with Crippen LogP contribution in [-0.4, -0.2) is 28.9 Å². The monoisotopic (exact) mass is 300 g/mol. The third-order valence-electron chi connectivity index (χ3n) is 2.66. The van der Waals surface area contributed by atoms with Crippen LogP contribution >= 0.6 is 0 Å². The van der Waals surface area contributed by atoms with E-state index in [1.54, 1.807) is 0 Å². The van der Waals surface area contributed by atoms with Gasteiger partial charge < -0.3 is 16.2 Å². The van der Waals surface area contributed by atoms with Crippen LogP contribution < -0.4 is 11.1 Å². The Balaban J connectivity index is 2.62. The lowest BCUT2D eigenvalue weighted by molar-refractivity contribution is -0.142. The second kappa shape index (κ2) is 7.32. The lowest BCUT2D eigenvalue weighted by Crippen LogP contribution is -2.42. The standard InChI is InChI=1S/C13H14F2N2O4/c14-8-2-1-7(5-9(8)15)6-12(19)17-10(13(20)21)3-4-11(16)18/h1-2,5,10H,3-4,6H2,(H2,16,18)(H,17,19)(H,20,21)/t10-/m1/s1. The van der Waals surface area contributed by atoms with Crippen LogP contribution in [0, 0.1) is 11.6 Å². The molecule has 0 bridgehead atoms. The molecule has 1 aromatic rings. The molecular formula is C13H14F2N2O4. The molecule has 0 radical (unpaired) electrons. The van der Waals surface area contributed by atoms with Crippen molar-refractivity contribution in [2.45, 2.75) is 25.3 Å². The Morgan fingerprint density at radius 3 is 2.43 bits per heavy atom. The number of carbonyl (C=O) groups is 3. The largest absolute Gasteiger partial charge is 0.480 e. The highest BCUT2D eigenvalue weighted by Gasteiger charge is 2.20. The first-order chi connectivity index (χ1) is 9.79. The number of carbonyl (C=O) groups excluding carboxylic acids is 2. The highest BCUT2D eigenvalue weighted by molar-refractivity contribution is 5.85. The Hall–Kier alpha value is -2.51. The van der Waals surface area contributed by atoms with E-state index in [1.165, 1.54) is 6.07 Å². The summed E-state index contributed by atoms with van der Waals surface area (Å²) >= 11 is 0. The fourth-order valence-electron chi connectivity index (χ4n) is 1.62. The summed E-state index contributed by atoms with van der Waals surface area (Å²) in [5.74, 6) is -4.81. The zero-order valence-electron chi connectivity index (χ0n) is 10.9. The van der Waals surface area contributed by atoms with E-state index in [2.05, 4.69) is 5.32 Å². The van der Waals surface area contributed by atoms with Crippen molar-refractivity contribution in [1.82, 2.24) is 5.32 Å². The Morgan fingerprint density at radius 1 is 1.24 bits per heavy atom. The van der Waals surface area contributed by atoms with E-state index in [0.29, 0.717) is 0 Å². The third kappa shape index (κ3) is 5.55. The smallest absolute Gasteiger partial charge is 0.326 e. The highest BCUT2D eigenvalue weighted by atomic mass is 19.2. The summed E-state index contributed by atoms with van der Waals surface area (Å²) in [7, 11) is 0. The van der Waals surface area contributed by atoms with Crippen molar-refractivity contribution in [3.05, 3.63) is 35.4 Å². The quantitative estimate of drug-likeness (QED) is 0.674. The topological polar surface area (TPSA) is 109 Å². The van der Waals surface area contributed by atoms with Crippen LogP contribution in [0.4, 0.5) is 8.78 Å². The number of hydrogen-bond donors (Lipinski definition) is 3. The van der Waals surface area contributed by atoms with Gasteiger partial charge in [-0.15, -0.1) is 0 Å². The molecule has 21 heavy (non-hydrogen) atoms. The van der Waals surface area contributed by atoms with E-state index < -0.39 is 35.5 Å². The van der Waals surface area contributed by atoms with Gasteiger partial charge >= 0.3 is 5.97 Å². The van der Waals surface area contributed by atoms with Crippen molar-refractivity contribution in [1.29, 1.82) is 0 Å². The molecule has 1 rings (SSSR count). The number of halogens is 2. The van der Waals surface area contributed by atoms with Crippen LogP contribution in [0.15, 0.2) is 18.2 Å². The van der Waals surface area contributed by atoms with Gasteiger partial charge in [0.25, 0.3) is 0 Å². The van der Waals surface area contributed by atoms with Crippen LogP contribution in [0.1, 0.15) is 18.4 Å². The van der Waals surface area contributed by atoms with Gasteiger partial charge in [0, 0.05) is 6.42 Å². The molecule has 0 aliphatic heterocycles. The van der Waals surface area contributed by atoms with Gasteiger partial charge in [-0.1, -0.05) is 6.07 Å². The maximum atomic E-state index is 13.0. The molecule has 0 aliphatic rings. The summed E-state index contributed by atoms with van der Waals surface area (Å²) in [5.41, 5.74) is 5.10. The van der Waals surface area contributed by atoms with E-state index >= 15 is 0 Å². The average molecular weight is 300 g/mol. The first-order valence-corrected chi connectivity index (χ1v) is 6.04. The summed E-state index contributed by atoms with van der Waals surface area (Å²) in [6.07, 6.45) is -0.645. The van der Waals surface area contributed by atoms with Crippen molar-refractivity contribution in [3.8, 4) is 0 Å². The Morgan fingerprint density at radius 2 is 1.90 bits per heavy atom. The van der Waals surface area contributed by atoms with E-state index in [4.69, 9.17) is 10.8 Å². The zero-order valence-corrected chi connectivity index (χ0v) is 10.9. The van der Waals surface area contributed by atoms with Gasteiger partial charge in [0.05, 0.1) is 6.42 Å². The van der Waals surface area contributed by atoms with Crippen LogP contribution in [0.25, 0.3) is 0 Å². The normalized spacial score (nSPS) is 11.7. The van der Waals surface area contributed by atoms with Crippen molar-refractivity contribution in [2.75, 3.05) is 0 Å². The molecule has 2 amide bonds. The molecule has 6 nitrogen and oxygen atoms in total. The van der Waals surface area contributed by atoms with E-state index in [9.17, 15) is 23.2 Å². The fourth-order valence-corrected chi connectivity index (χ4v) is 1.62. The van der Waals surface area contributed by atoms with Gasteiger partial charge in [-0.05, 0) is 24.1 Å². The molecule has 0 aromatic heterocycles. The molecule has 1 aromatic carbocycles. The Bertz CT molecular complexity index is 563. The number of nitrogens with one attached hydrogen (secondary N) is 1. The Kier molecular flexibility index (Phi) is 5.77. The van der Waals surface area contributed by atoms with Crippen LogP contribution in [0.3, 0.4) is 0 Å². The number of carboxylic acid groups (broad SMARTS) is 1. The van der Waals surface area contributed by atoms with Crippen LogP contribution in [0.5, 0.6) is 0 Å². The third-order valence-corrected chi connectivity index (χ3v) is 2.66. The van der Waals surface area contributed by atoms with Crippen LogP contribution in [0.2, 0.25) is 0 Å². The number of aliphatic carboxylic acids is 1. The van der Waals surface area contributed by atoms with Gasteiger partial charge in [-0.25, -0.2) is 13.6 Å². The molecule has 0 aliphatic carbocycles. The first kappa shape index (κ1) is 16.5. The highest BCUT2D eigenvalue weighted by Crippen LogP contribution is 2.09. The number of amides is 2. The predicted molar refractivity (Wildman–Crippen MR) is 68.1 cm³/mol. The molecule has 0 fully saturated rings. The summed E-state index contributed by atoms with van der Waals surface area (Å²) < 4.78 is 25.7. The van der Waals surface area contributed by atoms with Crippen molar-refractivity contribution >= 4 is 17.8 Å². The lowest BCUT2D eigenvalue weighted by atomic mass is 10.1. The van der Waals surface area contributed by atoms with Crippen molar-refractivity contribution in [3.63, 3.8) is 0 Å². The number of nitrogens with two attached hydrogens (primary N) is 1. The maximum Gasteiger partial charge on any atom is 0.326 e. The molecule has 1 atom stereocenters. The van der Waals surface area contributed by atoms with Crippen LogP contribution in [-0.2, 0) is 20.8 Å². The number of primary amides is 1. The van der Waals surface area contributed by atoms with Crippen molar-refractivity contribution in [2.24, 2.45) is 5.73 Å². The number of carboxylic acids is 1. The Labute approximate surface area is 118 Å². The molecule has 0 saturated carbocycles. The molecular weight excluding hydrogens is 286 g/mol. The maximum absolute atomic E-state index is 13.0. The molecule has 8 heteroatoms. The second-order valence-corrected chi connectivity index (χ2v) is 4.39. The summed E-state index contributed by atoms with van der Waals surface area (Å²) in [6.45, 7) is 0. The van der Waals surface area contributed by atoms with Crippen molar-refractivity contribution < 1.29 is 28.3 Å². The minimum Gasteiger partial charge on any atom is -0.480 e. The molecule has 4 N–H and O–H groups in total. The lowest BCUT2D eigenvalue weighted by Gasteiger charge is -2.13. The van der Waals surface area contributed by atoms with E-state index in [-0.39, 0.29) is 24.8 Å². The van der Waals surface area contributed by atoms with Gasteiger partial charge in [0.1, 0.15) is 6.04 Å². The molecule has 114 valence electrons. The average Bonchev–Trinajstić information content (AvgIpc) is 2.38. The van der Waals surface area contributed by atoms with Gasteiger partial charge in [-0.2, -0.15) is 0 Å². The van der Waals surface area contributed by atoms with E-state index in [0.717, 1.165) is 12.1 Å². The van der Waals surface area contributed by atoms with Gasteiger partial charge in [0.2, 0.25) is 11.8 Å². The molecule has 0 heterocycles.